The maximum atomic E-state index is 9.60. The van der Waals surface area contributed by atoms with Crippen LogP contribution in [0.25, 0.3) is 0 Å². The quantitative estimate of drug-likeness (QED) is 0.343. The summed E-state index contributed by atoms with van der Waals surface area (Å²) >= 11 is 1.49. The highest BCUT2D eigenvalue weighted by atomic mass is 127. The predicted molar refractivity (Wildman–Crippen MR) is 120 cm³/mol. The number of aromatic nitrogens is 2. The summed E-state index contributed by atoms with van der Waals surface area (Å²) in [5.74, 6) is 1.88. The van der Waals surface area contributed by atoms with Crippen molar-refractivity contribution in [2.24, 2.45) is 10.4 Å². The summed E-state index contributed by atoms with van der Waals surface area (Å²) in [6, 6.07) is 0. The van der Waals surface area contributed by atoms with Gasteiger partial charge in [0.1, 0.15) is 5.82 Å². The van der Waals surface area contributed by atoms with Crippen LogP contribution in [0.3, 0.4) is 0 Å². The number of nitrogens with one attached hydrogen (secondary N) is 1. The van der Waals surface area contributed by atoms with Crippen molar-refractivity contribution in [3.8, 4) is 0 Å². The summed E-state index contributed by atoms with van der Waals surface area (Å²) in [6.07, 6.45) is 1.80. The Bertz CT molecular complexity index is 555. The van der Waals surface area contributed by atoms with E-state index in [4.69, 9.17) is 4.99 Å². The Hall–Kier alpha value is -0.680. The zero-order chi connectivity index (χ0) is 18.3. The molecule has 0 amide bonds. The van der Waals surface area contributed by atoms with Gasteiger partial charge in [-0.1, -0.05) is 20.8 Å². The molecule has 1 unspecified atom stereocenters. The van der Waals surface area contributed by atoms with Gasteiger partial charge in [0.25, 0.3) is 0 Å². The Labute approximate surface area is 178 Å². The van der Waals surface area contributed by atoms with E-state index in [1.807, 2.05) is 0 Å². The van der Waals surface area contributed by atoms with Gasteiger partial charge in [0.05, 0.1) is 13.2 Å². The highest BCUT2D eigenvalue weighted by Crippen LogP contribution is 2.21. The third kappa shape index (κ3) is 6.19. The molecule has 2 rings (SSSR count). The fourth-order valence-electron chi connectivity index (χ4n) is 2.59. The number of guanidine groups is 1. The molecule has 0 spiro atoms. The lowest BCUT2D eigenvalue weighted by Crippen LogP contribution is -2.52. The number of hydrogen-bond donors (Lipinski definition) is 2. The average molecular weight is 496 g/mol. The van der Waals surface area contributed by atoms with E-state index >= 15 is 0 Å². The summed E-state index contributed by atoms with van der Waals surface area (Å²) in [4.78, 5) is 14.0. The Morgan fingerprint density at radius 1 is 1.27 bits per heavy atom. The van der Waals surface area contributed by atoms with Gasteiger partial charge >= 0.3 is 0 Å². The van der Waals surface area contributed by atoms with Crippen molar-refractivity contribution in [2.75, 3.05) is 50.8 Å². The first-order valence-electron chi connectivity index (χ1n) is 9.26. The molecule has 0 saturated carbocycles. The molecule has 7 nitrogen and oxygen atoms in total. The molecule has 26 heavy (non-hydrogen) atoms. The van der Waals surface area contributed by atoms with Crippen LogP contribution in [0.1, 0.15) is 39.9 Å². The normalized spacial score (nSPS) is 17.7. The molecular formula is C17H33IN6OS. The number of piperazine rings is 1. The number of aliphatic hydroxyl groups is 1. The highest BCUT2D eigenvalue weighted by molar-refractivity contribution is 14.0. The number of halogens is 1. The lowest BCUT2D eigenvalue weighted by molar-refractivity contribution is 0.145. The Balaban J connectivity index is 0.00000338. The highest BCUT2D eigenvalue weighted by Gasteiger charge is 2.24. The van der Waals surface area contributed by atoms with Crippen LogP contribution in [0.15, 0.2) is 4.99 Å². The Morgan fingerprint density at radius 3 is 2.46 bits per heavy atom. The van der Waals surface area contributed by atoms with E-state index in [9.17, 15) is 5.11 Å². The molecule has 1 aromatic rings. The van der Waals surface area contributed by atoms with Crippen LogP contribution in [0.5, 0.6) is 0 Å². The number of rotatable bonds is 7. The first-order chi connectivity index (χ1) is 12.0. The SMILES string of the molecule is CCNC(=NCC(C)(CC)CO)N1CCN(c2nc(CC)ns2)CC1.I. The lowest BCUT2D eigenvalue weighted by Gasteiger charge is -2.36. The van der Waals surface area contributed by atoms with Gasteiger partial charge in [0, 0.05) is 56.1 Å². The molecule has 1 aliphatic heterocycles. The van der Waals surface area contributed by atoms with Gasteiger partial charge in [-0.05, 0) is 13.3 Å². The van der Waals surface area contributed by atoms with Crippen molar-refractivity contribution >= 4 is 46.6 Å². The van der Waals surface area contributed by atoms with Crippen LogP contribution in [-0.2, 0) is 6.42 Å². The largest absolute Gasteiger partial charge is 0.396 e. The van der Waals surface area contributed by atoms with Crippen molar-refractivity contribution in [1.29, 1.82) is 0 Å². The van der Waals surface area contributed by atoms with E-state index in [-0.39, 0.29) is 36.0 Å². The van der Waals surface area contributed by atoms with Crippen LogP contribution < -0.4 is 10.2 Å². The number of hydrogen-bond acceptors (Lipinski definition) is 6. The average Bonchev–Trinajstić information content (AvgIpc) is 3.14. The third-order valence-electron chi connectivity index (χ3n) is 4.80. The van der Waals surface area contributed by atoms with E-state index in [1.165, 1.54) is 11.5 Å². The Morgan fingerprint density at radius 2 is 1.96 bits per heavy atom. The van der Waals surface area contributed by atoms with Crippen LogP contribution in [0, 0.1) is 5.41 Å². The molecule has 150 valence electrons. The van der Waals surface area contributed by atoms with Gasteiger partial charge < -0.3 is 20.2 Å². The number of aliphatic hydroxyl groups excluding tert-OH is 1. The molecule has 2 heterocycles. The molecular weight excluding hydrogens is 463 g/mol. The molecule has 0 aliphatic carbocycles. The van der Waals surface area contributed by atoms with E-state index in [0.717, 1.165) is 62.5 Å². The zero-order valence-corrected chi connectivity index (χ0v) is 19.5. The molecule has 0 radical (unpaired) electrons. The second-order valence-corrected chi connectivity index (χ2v) is 7.54. The van der Waals surface area contributed by atoms with Gasteiger partial charge in [-0.15, -0.1) is 24.0 Å². The van der Waals surface area contributed by atoms with Crippen LogP contribution in [0.2, 0.25) is 0 Å². The number of aryl methyl sites for hydroxylation is 1. The lowest BCUT2D eigenvalue weighted by atomic mass is 9.89. The smallest absolute Gasteiger partial charge is 0.205 e. The first-order valence-corrected chi connectivity index (χ1v) is 10.0. The van der Waals surface area contributed by atoms with Gasteiger partial charge in [-0.2, -0.15) is 4.37 Å². The van der Waals surface area contributed by atoms with Gasteiger partial charge in [-0.3, -0.25) is 4.99 Å². The molecule has 9 heteroatoms. The monoisotopic (exact) mass is 496 g/mol. The van der Waals surface area contributed by atoms with Crippen molar-refractivity contribution in [3.63, 3.8) is 0 Å². The summed E-state index contributed by atoms with van der Waals surface area (Å²) in [6.45, 7) is 13.7. The van der Waals surface area contributed by atoms with Crippen molar-refractivity contribution in [2.45, 2.75) is 40.5 Å². The standard InChI is InChI=1S/C17H32N6OS.HI/c1-5-14-20-16(25-21-14)23-10-8-22(9-11-23)15(18-7-3)19-12-17(4,6-2)13-24;/h24H,5-13H2,1-4H3,(H,18,19);1H. The maximum absolute atomic E-state index is 9.60. The minimum Gasteiger partial charge on any atom is -0.396 e. The van der Waals surface area contributed by atoms with E-state index in [1.54, 1.807) is 0 Å². The minimum atomic E-state index is -0.147. The maximum Gasteiger partial charge on any atom is 0.205 e. The fraction of sp³-hybridized carbons (Fsp3) is 0.824. The van der Waals surface area contributed by atoms with E-state index in [0.29, 0.717) is 6.54 Å². The minimum absolute atomic E-state index is 0. The van der Waals surface area contributed by atoms with Crippen molar-refractivity contribution in [1.82, 2.24) is 19.6 Å². The van der Waals surface area contributed by atoms with E-state index < -0.39 is 0 Å². The third-order valence-corrected chi connectivity index (χ3v) is 5.62. The molecule has 0 bridgehead atoms. The van der Waals surface area contributed by atoms with Crippen LogP contribution >= 0.6 is 35.5 Å². The Kier molecular flexibility index (Phi) is 10.1. The summed E-state index contributed by atoms with van der Waals surface area (Å²) in [7, 11) is 0. The summed E-state index contributed by atoms with van der Waals surface area (Å²) in [5, 5.41) is 14.0. The van der Waals surface area contributed by atoms with Crippen molar-refractivity contribution in [3.05, 3.63) is 5.82 Å². The second-order valence-electron chi connectivity index (χ2n) is 6.81. The van der Waals surface area contributed by atoms with Crippen LogP contribution in [0.4, 0.5) is 5.13 Å². The topological polar surface area (TPSA) is 76.9 Å². The number of nitrogens with zero attached hydrogens (tertiary/aromatic N) is 5. The van der Waals surface area contributed by atoms with Gasteiger partial charge in [-0.25, -0.2) is 4.98 Å². The summed E-state index contributed by atoms with van der Waals surface area (Å²) in [5.41, 5.74) is -0.147. The number of aliphatic imine (C=N–C) groups is 1. The molecule has 1 atom stereocenters. The number of anilines is 1. The zero-order valence-electron chi connectivity index (χ0n) is 16.4. The molecule has 1 aliphatic rings. The molecule has 2 N–H and O–H groups in total. The molecule has 1 aromatic heterocycles. The fourth-order valence-corrected chi connectivity index (χ4v) is 3.39. The van der Waals surface area contributed by atoms with Gasteiger partial charge in [0.2, 0.25) is 5.13 Å². The first kappa shape index (κ1) is 23.4. The molecule has 1 saturated heterocycles. The molecule has 1 fully saturated rings. The predicted octanol–water partition coefficient (Wildman–Crippen LogP) is 2.21. The molecule has 0 aromatic carbocycles. The van der Waals surface area contributed by atoms with Gasteiger partial charge in [0.15, 0.2) is 5.96 Å². The van der Waals surface area contributed by atoms with E-state index in [2.05, 4.69) is 52.2 Å². The van der Waals surface area contributed by atoms with Crippen molar-refractivity contribution < 1.29 is 5.11 Å². The summed E-state index contributed by atoms with van der Waals surface area (Å²) < 4.78 is 4.38. The second kappa shape index (κ2) is 11.2. The van der Waals surface area contributed by atoms with Crippen LogP contribution in [-0.4, -0.2) is 71.2 Å².